The first-order valence-electron chi connectivity index (χ1n) is 8.31. The fourth-order valence-electron chi connectivity index (χ4n) is 2.11. The average Bonchev–Trinajstić information content (AvgIpc) is 2.54. The second-order valence-electron chi connectivity index (χ2n) is 5.28. The Hall–Kier alpha value is -2.05. The van der Waals surface area contributed by atoms with Gasteiger partial charge in [0, 0.05) is 6.54 Å². The second kappa shape index (κ2) is 11.5. The zero-order chi connectivity index (χ0) is 17.8. The van der Waals surface area contributed by atoms with Crippen molar-refractivity contribution in [2.45, 2.75) is 52.7 Å². The third-order valence-corrected chi connectivity index (χ3v) is 3.29. The van der Waals surface area contributed by atoms with Crippen molar-refractivity contribution in [1.29, 1.82) is 0 Å². The van der Waals surface area contributed by atoms with Crippen LogP contribution in [0.4, 0.5) is 8.78 Å². The molecule has 0 aromatic heterocycles. The summed E-state index contributed by atoms with van der Waals surface area (Å²) in [5.74, 6) is 0.663. The van der Waals surface area contributed by atoms with Crippen LogP contribution in [0.5, 0.6) is 11.5 Å². The molecule has 0 saturated carbocycles. The van der Waals surface area contributed by atoms with Crippen LogP contribution in [0.15, 0.2) is 23.2 Å². The van der Waals surface area contributed by atoms with Crippen molar-refractivity contribution in [2.75, 3.05) is 13.2 Å². The highest BCUT2D eigenvalue weighted by Gasteiger charge is 2.11. The van der Waals surface area contributed by atoms with Gasteiger partial charge in [0.2, 0.25) is 0 Å². The van der Waals surface area contributed by atoms with Gasteiger partial charge >= 0.3 is 6.61 Å². The summed E-state index contributed by atoms with van der Waals surface area (Å²) < 4.78 is 34.5. The summed E-state index contributed by atoms with van der Waals surface area (Å²) in [6.07, 6.45) is 4.63. The number of benzene rings is 1. The zero-order valence-electron chi connectivity index (χ0n) is 14.4. The molecular formula is C17H27F2N3O2. The first-order chi connectivity index (χ1) is 11.6. The summed E-state index contributed by atoms with van der Waals surface area (Å²) in [5.41, 5.74) is 6.61. The molecule has 0 bridgehead atoms. The Morgan fingerprint density at radius 1 is 1.21 bits per heavy atom. The van der Waals surface area contributed by atoms with Crippen molar-refractivity contribution < 1.29 is 18.3 Å². The van der Waals surface area contributed by atoms with Crippen LogP contribution in [0.2, 0.25) is 0 Å². The van der Waals surface area contributed by atoms with E-state index in [0.29, 0.717) is 19.1 Å². The number of ether oxygens (including phenoxy) is 2. The standard InChI is InChI=1S/C17H27F2N3O2/c1-3-5-6-7-10-21-17(20)22-12-13-8-9-14(24-16(18)19)15(11-13)23-4-2/h8-9,11,16H,3-7,10,12H2,1-2H3,(H3,20,21,22). The SMILES string of the molecule is CCCCCCNC(N)=NCc1ccc(OC(F)F)c(OCC)c1. The molecule has 0 aliphatic rings. The Bertz CT molecular complexity index is 511. The lowest BCUT2D eigenvalue weighted by Crippen LogP contribution is -2.32. The molecule has 0 saturated heterocycles. The number of rotatable bonds is 11. The number of guanidine groups is 1. The van der Waals surface area contributed by atoms with Gasteiger partial charge in [0.15, 0.2) is 17.5 Å². The predicted octanol–water partition coefficient (Wildman–Crippen LogP) is 3.67. The highest BCUT2D eigenvalue weighted by Crippen LogP contribution is 2.30. The number of alkyl halides is 2. The molecule has 0 aliphatic heterocycles. The molecule has 5 nitrogen and oxygen atoms in total. The number of halogens is 2. The Morgan fingerprint density at radius 2 is 2.00 bits per heavy atom. The van der Waals surface area contributed by atoms with E-state index in [2.05, 4.69) is 22.0 Å². The molecule has 136 valence electrons. The van der Waals surface area contributed by atoms with E-state index in [4.69, 9.17) is 10.5 Å². The number of nitrogens with two attached hydrogens (primary N) is 1. The molecule has 0 spiro atoms. The zero-order valence-corrected chi connectivity index (χ0v) is 14.4. The topological polar surface area (TPSA) is 68.9 Å². The summed E-state index contributed by atoms with van der Waals surface area (Å²) >= 11 is 0. The van der Waals surface area contributed by atoms with E-state index in [9.17, 15) is 8.78 Å². The van der Waals surface area contributed by atoms with E-state index >= 15 is 0 Å². The Morgan fingerprint density at radius 3 is 2.67 bits per heavy atom. The molecule has 0 aliphatic carbocycles. The van der Waals surface area contributed by atoms with Crippen molar-refractivity contribution in [2.24, 2.45) is 10.7 Å². The van der Waals surface area contributed by atoms with E-state index in [1.807, 2.05) is 0 Å². The van der Waals surface area contributed by atoms with Gasteiger partial charge in [-0.05, 0) is 31.0 Å². The maximum Gasteiger partial charge on any atom is 0.387 e. The minimum Gasteiger partial charge on any atom is -0.490 e. The third kappa shape index (κ3) is 7.99. The highest BCUT2D eigenvalue weighted by molar-refractivity contribution is 5.77. The van der Waals surface area contributed by atoms with Crippen molar-refractivity contribution in [3.05, 3.63) is 23.8 Å². The normalized spacial score (nSPS) is 11.6. The Balaban J connectivity index is 2.57. The molecule has 24 heavy (non-hydrogen) atoms. The number of hydrogen-bond acceptors (Lipinski definition) is 3. The summed E-state index contributed by atoms with van der Waals surface area (Å²) in [7, 11) is 0. The largest absolute Gasteiger partial charge is 0.490 e. The second-order valence-corrected chi connectivity index (χ2v) is 5.28. The smallest absolute Gasteiger partial charge is 0.387 e. The van der Waals surface area contributed by atoms with Crippen LogP contribution < -0.4 is 20.5 Å². The summed E-state index contributed by atoms with van der Waals surface area (Å²) in [6, 6.07) is 4.76. The summed E-state index contributed by atoms with van der Waals surface area (Å²) in [4.78, 5) is 4.24. The first-order valence-corrected chi connectivity index (χ1v) is 8.31. The average molecular weight is 343 g/mol. The fourth-order valence-corrected chi connectivity index (χ4v) is 2.11. The Labute approximate surface area is 142 Å². The van der Waals surface area contributed by atoms with E-state index in [1.54, 1.807) is 19.1 Å². The van der Waals surface area contributed by atoms with Crippen molar-refractivity contribution >= 4 is 5.96 Å². The van der Waals surface area contributed by atoms with Gasteiger partial charge in [-0.3, -0.25) is 0 Å². The quantitative estimate of drug-likeness (QED) is 0.365. The lowest BCUT2D eigenvalue weighted by Gasteiger charge is -2.12. The van der Waals surface area contributed by atoms with Crippen molar-refractivity contribution in [1.82, 2.24) is 5.32 Å². The molecule has 0 unspecified atom stereocenters. The van der Waals surface area contributed by atoms with Crippen molar-refractivity contribution in [3.8, 4) is 11.5 Å². The molecule has 1 aromatic carbocycles. The van der Waals surface area contributed by atoms with Crippen LogP contribution in [0.25, 0.3) is 0 Å². The molecule has 7 heteroatoms. The molecule has 1 rings (SSSR count). The maximum atomic E-state index is 12.4. The van der Waals surface area contributed by atoms with Gasteiger partial charge < -0.3 is 20.5 Å². The van der Waals surface area contributed by atoms with Gasteiger partial charge in [0.05, 0.1) is 13.2 Å². The van der Waals surface area contributed by atoms with Gasteiger partial charge in [-0.15, -0.1) is 0 Å². The molecule has 1 aromatic rings. The van der Waals surface area contributed by atoms with E-state index in [-0.39, 0.29) is 11.5 Å². The van der Waals surface area contributed by atoms with Crippen LogP contribution >= 0.6 is 0 Å². The number of aliphatic imine (C=N–C) groups is 1. The third-order valence-electron chi connectivity index (χ3n) is 3.29. The molecule has 3 N–H and O–H groups in total. The monoisotopic (exact) mass is 343 g/mol. The van der Waals surface area contributed by atoms with E-state index < -0.39 is 6.61 Å². The molecule has 0 heterocycles. The molecule has 0 amide bonds. The lowest BCUT2D eigenvalue weighted by atomic mass is 10.2. The van der Waals surface area contributed by atoms with Crippen LogP contribution in [-0.2, 0) is 6.54 Å². The van der Waals surface area contributed by atoms with Crippen LogP contribution in [-0.4, -0.2) is 25.7 Å². The highest BCUT2D eigenvalue weighted by atomic mass is 19.3. The molecule has 0 atom stereocenters. The molecule has 0 fully saturated rings. The summed E-state index contributed by atoms with van der Waals surface area (Å²) in [5, 5.41) is 3.06. The lowest BCUT2D eigenvalue weighted by molar-refractivity contribution is -0.0514. The van der Waals surface area contributed by atoms with Crippen LogP contribution in [0.3, 0.4) is 0 Å². The van der Waals surface area contributed by atoms with Crippen LogP contribution in [0, 0.1) is 0 Å². The van der Waals surface area contributed by atoms with Gasteiger partial charge in [0.25, 0.3) is 0 Å². The molecule has 0 radical (unpaired) electrons. The number of nitrogens with zero attached hydrogens (tertiary/aromatic N) is 1. The summed E-state index contributed by atoms with van der Waals surface area (Å²) in [6.45, 7) is 2.53. The molecular weight excluding hydrogens is 316 g/mol. The van der Waals surface area contributed by atoms with Gasteiger partial charge in [-0.1, -0.05) is 32.3 Å². The first kappa shape index (κ1) is 20.0. The van der Waals surface area contributed by atoms with E-state index in [1.165, 1.54) is 25.3 Å². The van der Waals surface area contributed by atoms with Gasteiger partial charge in [0.1, 0.15) is 0 Å². The van der Waals surface area contributed by atoms with Gasteiger partial charge in [-0.25, -0.2) is 4.99 Å². The van der Waals surface area contributed by atoms with E-state index in [0.717, 1.165) is 18.5 Å². The minimum absolute atomic E-state index is 0.0154. The predicted molar refractivity (Wildman–Crippen MR) is 91.7 cm³/mol. The van der Waals surface area contributed by atoms with Crippen LogP contribution in [0.1, 0.15) is 45.1 Å². The Kier molecular flexibility index (Phi) is 9.56. The van der Waals surface area contributed by atoms with Gasteiger partial charge in [-0.2, -0.15) is 8.78 Å². The van der Waals surface area contributed by atoms with Crippen molar-refractivity contribution in [3.63, 3.8) is 0 Å². The maximum absolute atomic E-state index is 12.4. The fraction of sp³-hybridized carbons (Fsp3) is 0.588. The minimum atomic E-state index is -2.89. The number of hydrogen-bond donors (Lipinski definition) is 2. The number of nitrogens with one attached hydrogen (secondary N) is 1. The number of unbranched alkanes of at least 4 members (excludes halogenated alkanes) is 3.